The van der Waals surface area contributed by atoms with E-state index in [1.807, 2.05) is 33.8 Å². The Morgan fingerprint density at radius 3 is 2.52 bits per heavy atom. The van der Waals surface area contributed by atoms with Gasteiger partial charge in [-0.05, 0) is 29.5 Å². The van der Waals surface area contributed by atoms with Crippen LogP contribution < -0.4 is 10.0 Å². The number of nitrogens with one attached hydrogen (secondary N) is 2. The van der Waals surface area contributed by atoms with Crippen LogP contribution in [-0.2, 0) is 16.6 Å². The molecule has 1 aliphatic carbocycles. The monoisotopic (exact) mass is 330 g/mol. The van der Waals surface area contributed by atoms with Crippen molar-refractivity contribution >= 4 is 21.6 Å². The molecule has 21 heavy (non-hydrogen) atoms. The summed E-state index contributed by atoms with van der Waals surface area (Å²) in [5.74, 6) is 0. The van der Waals surface area contributed by atoms with Crippen molar-refractivity contribution in [1.29, 1.82) is 0 Å². The highest BCUT2D eigenvalue weighted by molar-refractivity contribution is 7.89. The number of rotatable bonds is 6. The summed E-state index contributed by atoms with van der Waals surface area (Å²) in [5, 5.41) is 3.53. The van der Waals surface area contributed by atoms with E-state index in [2.05, 4.69) is 10.0 Å². The minimum atomic E-state index is -3.57. The summed E-state index contributed by atoms with van der Waals surface area (Å²) in [6, 6.07) is 5.47. The molecule has 0 amide bonds. The second-order valence-corrected chi connectivity index (χ2v) is 8.76. The third-order valence-electron chi connectivity index (χ3n) is 3.81. The molecule has 0 bridgehead atoms. The summed E-state index contributed by atoms with van der Waals surface area (Å²) in [6.45, 7) is 8.80. The highest BCUT2D eigenvalue weighted by atomic mass is 35.5. The maximum absolute atomic E-state index is 12.5. The molecule has 0 aliphatic heterocycles. The molecule has 0 spiro atoms. The van der Waals surface area contributed by atoms with E-state index in [0.717, 1.165) is 12.0 Å². The van der Waals surface area contributed by atoms with Crippen LogP contribution in [0.1, 0.15) is 39.7 Å². The molecule has 0 radical (unpaired) electrons. The van der Waals surface area contributed by atoms with Crippen LogP contribution in [0.2, 0.25) is 5.02 Å². The van der Waals surface area contributed by atoms with Crippen molar-refractivity contribution in [2.24, 2.45) is 5.41 Å². The molecule has 118 valence electrons. The van der Waals surface area contributed by atoms with Gasteiger partial charge in [-0.3, -0.25) is 0 Å². The standard InChI is InChI=1S/C15H23ClN2O2S/c1-10(2)17-9-11-5-6-12(16)13(7-11)21(19,20)18-14-8-15(14,3)4/h5-7,10,14,17-18H,8-9H2,1-4H3. The van der Waals surface area contributed by atoms with Gasteiger partial charge in [0.25, 0.3) is 0 Å². The van der Waals surface area contributed by atoms with Crippen molar-refractivity contribution in [3.63, 3.8) is 0 Å². The third-order valence-corrected chi connectivity index (χ3v) is 5.76. The SMILES string of the molecule is CC(C)NCc1ccc(Cl)c(S(=O)(=O)NC2CC2(C)C)c1. The van der Waals surface area contributed by atoms with E-state index in [4.69, 9.17) is 11.6 Å². The first-order valence-electron chi connectivity index (χ1n) is 7.16. The summed E-state index contributed by atoms with van der Waals surface area (Å²) in [7, 11) is -3.57. The predicted molar refractivity (Wildman–Crippen MR) is 85.9 cm³/mol. The Kier molecular flexibility index (Phi) is 4.69. The Morgan fingerprint density at radius 1 is 1.38 bits per heavy atom. The predicted octanol–water partition coefficient (Wildman–Crippen LogP) is 2.91. The molecule has 1 fully saturated rings. The lowest BCUT2D eigenvalue weighted by atomic mass is 10.2. The van der Waals surface area contributed by atoms with E-state index < -0.39 is 10.0 Å². The van der Waals surface area contributed by atoms with Crippen molar-refractivity contribution < 1.29 is 8.42 Å². The number of benzene rings is 1. The molecule has 0 saturated heterocycles. The zero-order chi connectivity index (χ0) is 15.8. The second kappa shape index (κ2) is 5.88. The van der Waals surface area contributed by atoms with Crippen LogP contribution in [0, 0.1) is 5.41 Å². The van der Waals surface area contributed by atoms with Gasteiger partial charge < -0.3 is 5.32 Å². The van der Waals surface area contributed by atoms with Gasteiger partial charge in [0, 0.05) is 18.6 Å². The maximum atomic E-state index is 12.5. The molecule has 1 unspecified atom stereocenters. The van der Waals surface area contributed by atoms with E-state index in [9.17, 15) is 8.42 Å². The molecular formula is C15H23ClN2O2S. The van der Waals surface area contributed by atoms with Crippen molar-refractivity contribution in [2.45, 2.75) is 57.6 Å². The number of halogens is 1. The molecule has 4 nitrogen and oxygen atoms in total. The summed E-state index contributed by atoms with van der Waals surface area (Å²) >= 11 is 6.08. The molecule has 1 saturated carbocycles. The van der Waals surface area contributed by atoms with Crippen LogP contribution in [0.4, 0.5) is 0 Å². The van der Waals surface area contributed by atoms with Gasteiger partial charge in [0.2, 0.25) is 10.0 Å². The van der Waals surface area contributed by atoms with Crippen LogP contribution in [0.3, 0.4) is 0 Å². The average molecular weight is 331 g/mol. The van der Waals surface area contributed by atoms with Gasteiger partial charge >= 0.3 is 0 Å². The molecule has 0 heterocycles. The quantitative estimate of drug-likeness (QED) is 0.843. The summed E-state index contributed by atoms with van der Waals surface area (Å²) in [6.07, 6.45) is 0.860. The Morgan fingerprint density at radius 2 is 2.00 bits per heavy atom. The first-order valence-corrected chi connectivity index (χ1v) is 9.02. The lowest BCUT2D eigenvalue weighted by Crippen LogP contribution is -2.29. The fraction of sp³-hybridized carbons (Fsp3) is 0.600. The molecule has 2 rings (SSSR count). The van der Waals surface area contributed by atoms with Crippen molar-refractivity contribution in [2.75, 3.05) is 0 Å². The zero-order valence-electron chi connectivity index (χ0n) is 12.9. The van der Waals surface area contributed by atoms with Gasteiger partial charge in [-0.25, -0.2) is 13.1 Å². The largest absolute Gasteiger partial charge is 0.310 e. The van der Waals surface area contributed by atoms with Gasteiger partial charge in [-0.15, -0.1) is 0 Å². The summed E-state index contributed by atoms with van der Waals surface area (Å²) in [4.78, 5) is 0.162. The number of hydrogen-bond acceptors (Lipinski definition) is 3. The van der Waals surface area contributed by atoms with Crippen molar-refractivity contribution in [1.82, 2.24) is 10.0 Å². The molecular weight excluding hydrogens is 308 g/mol. The Bertz CT molecular complexity index is 627. The molecule has 2 N–H and O–H groups in total. The summed E-state index contributed by atoms with van der Waals surface area (Å²) < 4.78 is 27.7. The first kappa shape index (κ1) is 16.7. The van der Waals surface area contributed by atoms with E-state index in [1.54, 1.807) is 12.1 Å². The second-order valence-electron chi connectivity index (χ2n) is 6.67. The van der Waals surface area contributed by atoms with Gasteiger partial charge in [-0.1, -0.05) is 45.4 Å². The Balaban J connectivity index is 2.19. The Labute approximate surface area is 132 Å². The third kappa shape index (κ3) is 4.19. The topological polar surface area (TPSA) is 58.2 Å². The molecule has 1 aromatic carbocycles. The molecule has 1 aromatic rings. The molecule has 0 aromatic heterocycles. The normalized spacial score (nSPS) is 20.8. The van der Waals surface area contributed by atoms with Crippen LogP contribution >= 0.6 is 11.6 Å². The minimum absolute atomic E-state index is 0.00369. The van der Waals surface area contributed by atoms with Gasteiger partial charge in [0.15, 0.2) is 0 Å². The van der Waals surface area contributed by atoms with Crippen LogP contribution in [0.25, 0.3) is 0 Å². The fourth-order valence-electron chi connectivity index (χ4n) is 2.10. The highest BCUT2D eigenvalue weighted by Crippen LogP contribution is 2.45. The van der Waals surface area contributed by atoms with Gasteiger partial charge in [0.1, 0.15) is 4.90 Å². The number of hydrogen-bond donors (Lipinski definition) is 2. The van der Waals surface area contributed by atoms with Crippen molar-refractivity contribution in [3.05, 3.63) is 28.8 Å². The number of sulfonamides is 1. The lowest BCUT2D eigenvalue weighted by molar-refractivity contribution is 0.554. The fourth-order valence-corrected chi connectivity index (χ4v) is 4.06. The van der Waals surface area contributed by atoms with E-state index in [1.165, 1.54) is 0 Å². The van der Waals surface area contributed by atoms with Crippen LogP contribution in [-0.4, -0.2) is 20.5 Å². The molecule has 1 aliphatic rings. The zero-order valence-corrected chi connectivity index (χ0v) is 14.5. The summed E-state index contributed by atoms with van der Waals surface area (Å²) in [5.41, 5.74) is 0.944. The van der Waals surface area contributed by atoms with Gasteiger partial charge in [-0.2, -0.15) is 0 Å². The minimum Gasteiger partial charge on any atom is -0.310 e. The van der Waals surface area contributed by atoms with Crippen LogP contribution in [0.15, 0.2) is 23.1 Å². The highest BCUT2D eigenvalue weighted by Gasteiger charge is 2.48. The van der Waals surface area contributed by atoms with Crippen LogP contribution in [0.5, 0.6) is 0 Å². The smallest absolute Gasteiger partial charge is 0.242 e. The van der Waals surface area contributed by atoms with E-state index >= 15 is 0 Å². The maximum Gasteiger partial charge on any atom is 0.242 e. The van der Waals surface area contributed by atoms with E-state index in [0.29, 0.717) is 12.6 Å². The Hall–Kier alpha value is -0.620. The van der Waals surface area contributed by atoms with E-state index in [-0.39, 0.29) is 21.4 Å². The molecule has 1 atom stereocenters. The molecule has 6 heteroatoms. The first-order chi connectivity index (χ1) is 9.62. The van der Waals surface area contributed by atoms with Crippen molar-refractivity contribution in [3.8, 4) is 0 Å². The van der Waals surface area contributed by atoms with Gasteiger partial charge in [0.05, 0.1) is 5.02 Å². The lowest BCUT2D eigenvalue weighted by Gasteiger charge is -2.12. The average Bonchev–Trinajstić information content (AvgIpc) is 2.93.